The Kier molecular flexibility index (Phi) is 3.24. The van der Waals surface area contributed by atoms with E-state index < -0.39 is 0 Å². The van der Waals surface area contributed by atoms with E-state index in [9.17, 15) is 4.39 Å². The largest absolute Gasteiger partial charge is 0.479 e. The van der Waals surface area contributed by atoms with Crippen molar-refractivity contribution in [2.75, 3.05) is 7.11 Å². The molecule has 17 heavy (non-hydrogen) atoms. The molecule has 0 saturated carbocycles. The summed E-state index contributed by atoms with van der Waals surface area (Å²) in [6, 6.07) is 6.32. The van der Waals surface area contributed by atoms with E-state index in [4.69, 9.17) is 16.3 Å². The average molecular weight is 253 g/mol. The number of methoxy groups -OCH3 is 1. The van der Waals surface area contributed by atoms with Gasteiger partial charge in [-0.05, 0) is 19.1 Å². The molecule has 0 atom stereocenters. The zero-order chi connectivity index (χ0) is 12.4. The van der Waals surface area contributed by atoms with Crippen LogP contribution in [0.3, 0.4) is 0 Å². The third-order valence-corrected chi connectivity index (χ3v) is 2.66. The predicted octanol–water partition coefficient (Wildman–Crippen LogP) is 3.25. The van der Waals surface area contributed by atoms with Crippen molar-refractivity contribution < 1.29 is 9.13 Å². The van der Waals surface area contributed by atoms with Gasteiger partial charge in [0.15, 0.2) is 5.15 Å². The van der Waals surface area contributed by atoms with E-state index in [1.165, 1.54) is 13.2 Å². The molecule has 5 heteroatoms. The van der Waals surface area contributed by atoms with Crippen molar-refractivity contribution in [2.45, 2.75) is 6.92 Å². The second-order valence-electron chi connectivity index (χ2n) is 3.44. The van der Waals surface area contributed by atoms with Crippen molar-refractivity contribution in [2.24, 2.45) is 0 Å². The first-order valence-electron chi connectivity index (χ1n) is 4.96. The molecule has 0 aliphatic rings. The van der Waals surface area contributed by atoms with Crippen molar-refractivity contribution in [3.05, 3.63) is 40.9 Å². The molecular formula is C12H10ClFN2O. The molecule has 0 unspecified atom stereocenters. The molecule has 1 aromatic heterocycles. The fourth-order valence-electron chi connectivity index (χ4n) is 1.46. The van der Waals surface area contributed by atoms with Crippen molar-refractivity contribution in [3.8, 4) is 17.1 Å². The summed E-state index contributed by atoms with van der Waals surface area (Å²) in [6.45, 7) is 1.71. The minimum atomic E-state index is -0.373. The molecule has 1 aromatic carbocycles. The maximum Gasteiger partial charge on any atom is 0.241 e. The molecule has 88 valence electrons. The second kappa shape index (κ2) is 4.67. The number of hydrogen-bond donors (Lipinski definition) is 0. The minimum Gasteiger partial charge on any atom is -0.479 e. The molecular weight excluding hydrogens is 243 g/mol. The standard InChI is InChI=1S/C12H10ClFN2O/c1-7-11(13)16-12(17-2)10(15-7)8-5-3-4-6-9(8)14/h3-6H,1-2H3. The zero-order valence-corrected chi connectivity index (χ0v) is 10.1. The van der Waals surface area contributed by atoms with Crippen LogP contribution in [-0.4, -0.2) is 17.1 Å². The molecule has 1 heterocycles. The monoisotopic (exact) mass is 252 g/mol. The number of halogens is 2. The fraction of sp³-hybridized carbons (Fsp3) is 0.167. The molecule has 3 nitrogen and oxygen atoms in total. The summed E-state index contributed by atoms with van der Waals surface area (Å²) < 4.78 is 18.7. The number of aryl methyl sites for hydroxylation is 1. The third kappa shape index (κ3) is 2.22. The maximum absolute atomic E-state index is 13.7. The van der Waals surface area contributed by atoms with Gasteiger partial charge in [-0.3, -0.25) is 0 Å². The summed E-state index contributed by atoms with van der Waals surface area (Å²) in [4.78, 5) is 8.24. The van der Waals surface area contributed by atoms with Gasteiger partial charge < -0.3 is 4.74 Å². The molecule has 0 saturated heterocycles. The van der Waals surface area contributed by atoms with E-state index in [1.54, 1.807) is 25.1 Å². The smallest absolute Gasteiger partial charge is 0.241 e. The van der Waals surface area contributed by atoms with Crippen LogP contribution < -0.4 is 4.74 Å². The highest BCUT2D eigenvalue weighted by Gasteiger charge is 2.15. The summed E-state index contributed by atoms with van der Waals surface area (Å²) in [6.07, 6.45) is 0. The van der Waals surface area contributed by atoms with Gasteiger partial charge in [0.25, 0.3) is 0 Å². The van der Waals surface area contributed by atoms with Gasteiger partial charge in [-0.15, -0.1) is 0 Å². The molecule has 0 amide bonds. The predicted molar refractivity (Wildman–Crippen MR) is 63.7 cm³/mol. The Balaban J connectivity index is 2.67. The Bertz CT molecular complexity index is 560. The first-order valence-corrected chi connectivity index (χ1v) is 5.34. The Labute approximate surface area is 103 Å². The van der Waals surface area contributed by atoms with Crippen LogP contribution in [0.5, 0.6) is 5.88 Å². The average Bonchev–Trinajstić information content (AvgIpc) is 2.33. The van der Waals surface area contributed by atoms with E-state index >= 15 is 0 Å². The minimum absolute atomic E-state index is 0.214. The van der Waals surface area contributed by atoms with Crippen LogP contribution in [0.25, 0.3) is 11.3 Å². The number of rotatable bonds is 2. The molecule has 0 bridgehead atoms. The summed E-state index contributed by atoms with van der Waals surface area (Å²) in [5.41, 5.74) is 1.23. The lowest BCUT2D eigenvalue weighted by atomic mass is 10.1. The van der Waals surface area contributed by atoms with Crippen molar-refractivity contribution in [3.63, 3.8) is 0 Å². The summed E-state index contributed by atoms with van der Waals surface area (Å²) in [7, 11) is 1.44. The van der Waals surface area contributed by atoms with E-state index in [0.717, 1.165) is 0 Å². The van der Waals surface area contributed by atoms with Crippen molar-refractivity contribution in [1.29, 1.82) is 0 Å². The summed E-state index contributed by atoms with van der Waals surface area (Å²) >= 11 is 5.84. The van der Waals surface area contributed by atoms with E-state index in [2.05, 4.69) is 9.97 Å². The van der Waals surface area contributed by atoms with Gasteiger partial charge in [0.2, 0.25) is 5.88 Å². The number of nitrogens with zero attached hydrogens (tertiary/aromatic N) is 2. The van der Waals surface area contributed by atoms with Crippen LogP contribution in [0.15, 0.2) is 24.3 Å². The Morgan fingerprint density at radius 2 is 1.94 bits per heavy atom. The van der Waals surface area contributed by atoms with Gasteiger partial charge >= 0.3 is 0 Å². The quantitative estimate of drug-likeness (QED) is 0.823. The van der Waals surface area contributed by atoms with Gasteiger partial charge in [0.05, 0.1) is 12.8 Å². The molecule has 0 spiro atoms. The van der Waals surface area contributed by atoms with Gasteiger partial charge in [-0.2, -0.15) is 4.98 Å². The van der Waals surface area contributed by atoms with Crippen LogP contribution in [0, 0.1) is 12.7 Å². The first-order chi connectivity index (χ1) is 8.13. The van der Waals surface area contributed by atoms with Crippen LogP contribution in [0.2, 0.25) is 5.15 Å². The van der Waals surface area contributed by atoms with E-state index in [0.29, 0.717) is 17.0 Å². The zero-order valence-electron chi connectivity index (χ0n) is 9.37. The Morgan fingerprint density at radius 1 is 1.24 bits per heavy atom. The van der Waals surface area contributed by atoms with Gasteiger partial charge in [0, 0.05) is 5.56 Å². The van der Waals surface area contributed by atoms with Crippen LogP contribution in [0.1, 0.15) is 5.69 Å². The maximum atomic E-state index is 13.7. The molecule has 0 fully saturated rings. The lowest BCUT2D eigenvalue weighted by Crippen LogP contribution is -1.99. The van der Waals surface area contributed by atoms with Gasteiger partial charge in [0.1, 0.15) is 11.5 Å². The first kappa shape index (κ1) is 11.8. The molecule has 2 aromatic rings. The Morgan fingerprint density at radius 3 is 2.59 bits per heavy atom. The number of hydrogen-bond acceptors (Lipinski definition) is 3. The second-order valence-corrected chi connectivity index (χ2v) is 3.80. The highest BCUT2D eigenvalue weighted by atomic mass is 35.5. The van der Waals surface area contributed by atoms with Gasteiger partial charge in [-0.1, -0.05) is 23.7 Å². The van der Waals surface area contributed by atoms with Crippen molar-refractivity contribution >= 4 is 11.6 Å². The van der Waals surface area contributed by atoms with Crippen LogP contribution >= 0.6 is 11.6 Å². The molecule has 2 rings (SSSR count). The topological polar surface area (TPSA) is 35.0 Å². The molecule has 0 aliphatic carbocycles. The van der Waals surface area contributed by atoms with Crippen molar-refractivity contribution in [1.82, 2.24) is 9.97 Å². The third-order valence-electron chi connectivity index (χ3n) is 2.30. The van der Waals surface area contributed by atoms with E-state index in [-0.39, 0.29) is 16.9 Å². The van der Waals surface area contributed by atoms with Crippen LogP contribution in [-0.2, 0) is 0 Å². The lowest BCUT2D eigenvalue weighted by molar-refractivity contribution is 0.397. The van der Waals surface area contributed by atoms with Crippen LogP contribution in [0.4, 0.5) is 4.39 Å². The number of ether oxygens (including phenoxy) is 1. The van der Waals surface area contributed by atoms with Gasteiger partial charge in [-0.25, -0.2) is 9.37 Å². The molecule has 0 radical (unpaired) electrons. The molecule has 0 aliphatic heterocycles. The normalized spacial score (nSPS) is 10.4. The number of benzene rings is 1. The number of aromatic nitrogens is 2. The lowest BCUT2D eigenvalue weighted by Gasteiger charge is -2.09. The SMILES string of the molecule is COc1nc(Cl)c(C)nc1-c1ccccc1F. The Hall–Kier alpha value is -1.68. The highest BCUT2D eigenvalue weighted by molar-refractivity contribution is 6.30. The summed E-state index contributed by atoms with van der Waals surface area (Å²) in [5.74, 6) is -0.160. The fourth-order valence-corrected chi connectivity index (χ4v) is 1.57. The highest BCUT2D eigenvalue weighted by Crippen LogP contribution is 2.30. The summed E-state index contributed by atoms with van der Waals surface area (Å²) in [5, 5.41) is 0.252. The van der Waals surface area contributed by atoms with E-state index in [1.807, 2.05) is 0 Å². The molecule has 0 N–H and O–H groups in total.